The van der Waals surface area contributed by atoms with Crippen LogP contribution in [0.4, 0.5) is 0 Å². The molecule has 3 atom stereocenters. The van der Waals surface area contributed by atoms with Gasteiger partial charge in [-0.1, -0.05) is 30.3 Å². The van der Waals surface area contributed by atoms with Crippen LogP contribution in [-0.2, 0) is 16.1 Å². The molecule has 0 unspecified atom stereocenters. The van der Waals surface area contributed by atoms with Gasteiger partial charge in [-0.05, 0) is 22.7 Å². The zero-order valence-electron chi connectivity index (χ0n) is 13.3. The van der Waals surface area contributed by atoms with Crippen molar-refractivity contribution in [3.63, 3.8) is 0 Å². The summed E-state index contributed by atoms with van der Waals surface area (Å²) in [5, 5.41) is 2.09. The van der Waals surface area contributed by atoms with Crippen molar-refractivity contribution in [2.45, 2.75) is 37.2 Å². The second-order valence-electron chi connectivity index (χ2n) is 6.82. The Bertz CT molecular complexity index is 751. The summed E-state index contributed by atoms with van der Waals surface area (Å²) >= 11 is 1.48. The fraction of sp³-hybridized carbons (Fsp3) is 0.444. The maximum atomic E-state index is 12.8. The Hall–Kier alpha value is -1.76. The second kappa shape index (κ2) is 5.37. The van der Waals surface area contributed by atoms with Crippen LogP contribution in [0.1, 0.15) is 30.0 Å². The van der Waals surface area contributed by atoms with Crippen LogP contribution < -0.4 is 0 Å². The molecule has 5 rings (SSSR count). The Kier molecular flexibility index (Phi) is 3.26. The molecule has 124 valence electrons. The second-order valence-corrected chi connectivity index (χ2v) is 7.48. The quantitative estimate of drug-likeness (QED) is 0.860. The van der Waals surface area contributed by atoms with Gasteiger partial charge in [0, 0.05) is 37.5 Å². The van der Waals surface area contributed by atoms with Crippen LogP contribution in [0.15, 0.2) is 41.9 Å². The summed E-state index contributed by atoms with van der Waals surface area (Å²) in [7, 11) is 0. The molecule has 1 spiro atoms. The van der Waals surface area contributed by atoms with E-state index in [-0.39, 0.29) is 18.0 Å². The molecular formula is C18H19N3O2S. The Balaban J connectivity index is 1.45. The number of carbonyl (C=O) groups is 1. The lowest BCUT2D eigenvalue weighted by Crippen LogP contribution is -2.48. The molecule has 3 saturated heterocycles. The number of nitrogens with zero attached hydrogens (tertiary/aromatic N) is 3. The van der Waals surface area contributed by atoms with E-state index in [1.54, 1.807) is 0 Å². The number of hydrogen-bond donors (Lipinski definition) is 0. The lowest BCUT2D eigenvalue weighted by atomic mass is 10.0. The topological polar surface area (TPSA) is 45.7 Å². The molecule has 5 nitrogen and oxygen atoms in total. The van der Waals surface area contributed by atoms with Crippen molar-refractivity contribution >= 4 is 17.4 Å². The predicted molar refractivity (Wildman–Crippen MR) is 90.3 cm³/mol. The molecule has 0 N–H and O–H groups in total. The van der Waals surface area contributed by atoms with Crippen LogP contribution in [0.25, 0.3) is 0 Å². The first-order chi connectivity index (χ1) is 11.8. The minimum absolute atomic E-state index is 0.0477. The standard InChI is InChI=1S/C18H19N3O2S/c22-17-8-16-18(6-7-20(16)10-13-9-19-24-12-13)21(17)15(11-23-18)14-4-2-1-3-5-14/h1-5,9,12,15-16H,6-8,10-11H2/t15-,16+,18-/m0/s1. The molecule has 0 saturated carbocycles. The number of ether oxygens (including phenoxy) is 1. The summed E-state index contributed by atoms with van der Waals surface area (Å²) in [6.07, 6.45) is 3.37. The molecule has 1 aromatic carbocycles. The van der Waals surface area contributed by atoms with Gasteiger partial charge in [0.15, 0.2) is 5.72 Å². The van der Waals surface area contributed by atoms with E-state index in [0.29, 0.717) is 13.0 Å². The average molecular weight is 341 g/mol. The number of amides is 1. The van der Waals surface area contributed by atoms with E-state index >= 15 is 0 Å². The third-order valence-corrected chi connectivity index (χ3v) is 6.25. The smallest absolute Gasteiger partial charge is 0.227 e. The first kappa shape index (κ1) is 14.6. The van der Waals surface area contributed by atoms with Gasteiger partial charge < -0.3 is 9.64 Å². The van der Waals surface area contributed by atoms with Crippen molar-refractivity contribution in [2.75, 3.05) is 13.2 Å². The third kappa shape index (κ3) is 2.00. The molecule has 24 heavy (non-hydrogen) atoms. The van der Waals surface area contributed by atoms with Crippen LogP contribution in [-0.4, -0.2) is 45.0 Å². The van der Waals surface area contributed by atoms with Gasteiger partial charge >= 0.3 is 0 Å². The minimum Gasteiger partial charge on any atom is -0.351 e. The minimum atomic E-state index is -0.430. The van der Waals surface area contributed by atoms with E-state index in [4.69, 9.17) is 4.74 Å². The van der Waals surface area contributed by atoms with Gasteiger partial charge in [0.2, 0.25) is 5.91 Å². The third-order valence-electron chi connectivity index (χ3n) is 5.62. The van der Waals surface area contributed by atoms with Gasteiger partial charge in [0.25, 0.3) is 0 Å². The number of likely N-dealkylation sites (tertiary alicyclic amines) is 1. The molecule has 3 aliphatic rings. The Morgan fingerprint density at radius 3 is 3.00 bits per heavy atom. The highest BCUT2D eigenvalue weighted by Crippen LogP contribution is 2.51. The fourth-order valence-corrected chi connectivity index (χ4v) is 5.11. The van der Waals surface area contributed by atoms with Crippen molar-refractivity contribution in [2.24, 2.45) is 0 Å². The van der Waals surface area contributed by atoms with Crippen molar-refractivity contribution in [1.29, 1.82) is 0 Å². The van der Waals surface area contributed by atoms with Crippen molar-refractivity contribution < 1.29 is 9.53 Å². The summed E-state index contributed by atoms with van der Waals surface area (Å²) in [4.78, 5) is 17.2. The van der Waals surface area contributed by atoms with Crippen LogP contribution in [0.2, 0.25) is 0 Å². The summed E-state index contributed by atoms with van der Waals surface area (Å²) in [5.74, 6) is 0.222. The zero-order chi connectivity index (χ0) is 16.1. The van der Waals surface area contributed by atoms with Gasteiger partial charge in [-0.25, -0.2) is 4.37 Å². The number of rotatable bonds is 3. The number of hydrogen-bond acceptors (Lipinski definition) is 5. The van der Waals surface area contributed by atoms with E-state index in [9.17, 15) is 4.79 Å². The van der Waals surface area contributed by atoms with Crippen LogP contribution in [0, 0.1) is 0 Å². The van der Waals surface area contributed by atoms with E-state index in [1.807, 2.05) is 29.3 Å². The SMILES string of the molecule is O=C1C[C@H]2N(Cc3cnsc3)CC[C@]23OC[C@@H](c2ccccc2)N13. The molecule has 0 radical (unpaired) electrons. The number of carbonyl (C=O) groups excluding carboxylic acids is 1. The molecule has 6 heteroatoms. The maximum Gasteiger partial charge on any atom is 0.227 e. The lowest BCUT2D eigenvalue weighted by Gasteiger charge is -2.33. The molecule has 0 aliphatic carbocycles. The molecule has 1 amide bonds. The molecule has 3 aliphatic heterocycles. The molecule has 1 aromatic heterocycles. The van der Waals surface area contributed by atoms with Gasteiger partial charge in [0.1, 0.15) is 0 Å². The van der Waals surface area contributed by atoms with Crippen molar-refractivity contribution in [3.8, 4) is 0 Å². The van der Waals surface area contributed by atoms with E-state index < -0.39 is 5.72 Å². The highest BCUT2D eigenvalue weighted by atomic mass is 32.1. The monoisotopic (exact) mass is 341 g/mol. The maximum absolute atomic E-state index is 12.8. The van der Waals surface area contributed by atoms with E-state index in [2.05, 4.69) is 26.8 Å². The summed E-state index contributed by atoms with van der Waals surface area (Å²) in [6, 6.07) is 10.5. The largest absolute Gasteiger partial charge is 0.351 e. The summed E-state index contributed by atoms with van der Waals surface area (Å²) in [6.45, 7) is 2.41. The molecule has 0 bridgehead atoms. The fourth-order valence-electron chi connectivity index (χ4n) is 4.58. The molecule has 3 fully saturated rings. The van der Waals surface area contributed by atoms with E-state index in [1.165, 1.54) is 22.7 Å². The summed E-state index contributed by atoms with van der Waals surface area (Å²) in [5.41, 5.74) is 1.96. The van der Waals surface area contributed by atoms with Gasteiger partial charge in [-0.15, -0.1) is 0 Å². The molecule has 2 aromatic rings. The Labute approximate surface area is 145 Å². The first-order valence-electron chi connectivity index (χ1n) is 8.41. The Morgan fingerprint density at radius 1 is 1.33 bits per heavy atom. The van der Waals surface area contributed by atoms with Gasteiger partial charge in [-0.2, -0.15) is 0 Å². The lowest BCUT2D eigenvalue weighted by molar-refractivity contribution is -0.138. The molecule has 4 heterocycles. The van der Waals surface area contributed by atoms with Crippen LogP contribution >= 0.6 is 11.5 Å². The normalized spacial score (nSPS) is 32.3. The first-order valence-corrected chi connectivity index (χ1v) is 9.25. The number of aromatic nitrogens is 1. The van der Waals surface area contributed by atoms with Crippen LogP contribution in [0.3, 0.4) is 0 Å². The van der Waals surface area contributed by atoms with Crippen LogP contribution in [0.5, 0.6) is 0 Å². The highest BCUT2D eigenvalue weighted by Gasteiger charge is 2.64. The zero-order valence-corrected chi connectivity index (χ0v) is 14.1. The van der Waals surface area contributed by atoms with E-state index in [0.717, 1.165) is 19.5 Å². The number of benzene rings is 1. The summed E-state index contributed by atoms with van der Waals surface area (Å²) < 4.78 is 10.5. The van der Waals surface area contributed by atoms with Gasteiger partial charge in [-0.3, -0.25) is 9.69 Å². The predicted octanol–water partition coefficient (Wildman–Crippen LogP) is 2.42. The Morgan fingerprint density at radius 2 is 2.21 bits per heavy atom. The average Bonchev–Trinajstić information content (AvgIpc) is 3.34. The van der Waals surface area contributed by atoms with Gasteiger partial charge in [0.05, 0.1) is 18.7 Å². The molecular weight excluding hydrogens is 322 g/mol. The van der Waals surface area contributed by atoms with Crippen molar-refractivity contribution in [1.82, 2.24) is 14.2 Å². The highest BCUT2D eigenvalue weighted by molar-refractivity contribution is 7.03. The van der Waals surface area contributed by atoms with Crippen molar-refractivity contribution in [3.05, 3.63) is 53.0 Å².